The van der Waals surface area contributed by atoms with Crippen molar-refractivity contribution < 1.29 is 8.94 Å². The molecule has 0 radical (unpaired) electrons. The Balaban J connectivity index is 0.00000208. The number of aromatic nitrogens is 2. The minimum atomic E-state index is 0. The molecule has 0 saturated heterocycles. The molecule has 0 atom stereocenters. The maximum absolute atomic E-state index is 5.50. The fraction of sp³-hybridized carbons (Fsp3) is 0.267. The topological polar surface area (TPSA) is 79.7 Å². The van der Waals surface area contributed by atoms with E-state index in [4.69, 9.17) is 8.94 Å². The van der Waals surface area contributed by atoms with Crippen molar-refractivity contribution in [2.75, 3.05) is 14.1 Å². The first-order valence-corrected chi connectivity index (χ1v) is 7.93. The van der Waals surface area contributed by atoms with Crippen molar-refractivity contribution in [3.05, 3.63) is 47.5 Å². The summed E-state index contributed by atoms with van der Waals surface area (Å²) in [7, 11) is 3.67. The second kappa shape index (κ2) is 8.83. The molecule has 0 fully saturated rings. The average molecular weight is 459 g/mol. The van der Waals surface area contributed by atoms with Crippen LogP contribution in [0.1, 0.15) is 11.4 Å². The van der Waals surface area contributed by atoms with Crippen molar-refractivity contribution in [2.45, 2.75) is 13.1 Å². The van der Waals surface area contributed by atoms with E-state index >= 15 is 0 Å². The number of nitrogens with zero attached hydrogens (tertiary/aromatic N) is 4. The third-order valence-corrected chi connectivity index (χ3v) is 4.03. The fourth-order valence-electron chi connectivity index (χ4n) is 2.09. The Morgan fingerprint density at radius 1 is 1.38 bits per heavy atom. The van der Waals surface area contributed by atoms with Crippen LogP contribution in [0.5, 0.6) is 0 Å². The summed E-state index contributed by atoms with van der Waals surface area (Å²) in [6.07, 6.45) is 3.22. The third-order valence-electron chi connectivity index (χ3n) is 3.18. The summed E-state index contributed by atoms with van der Waals surface area (Å²) in [6, 6.07) is 5.79. The van der Waals surface area contributed by atoms with E-state index in [0.29, 0.717) is 19.0 Å². The van der Waals surface area contributed by atoms with E-state index in [1.54, 1.807) is 30.9 Å². The highest BCUT2D eigenvalue weighted by Crippen LogP contribution is 2.23. The molecule has 3 aromatic rings. The van der Waals surface area contributed by atoms with E-state index in [1.807, 2.05) is 35.5 Å². The van der Waals surface area contributed by atoms with Crippen molar-refractivity contribution in [1.29, 1.82) is 0 Å². The van der Waals surface area contributed by atoms with Gasteiger partial charge in [0.15, 0.2) is 5.96 Å². The maximum atomic E-state index is 5.50. The van der Waals surface area contributed by atoms with Crippen LogP contribution in [0.15, 0.2) is 50.0 Å². The number of hydrogen-bond donors (Lipinski definition) is 1. The second-order valence-corrected chi connectivity index (χ2v) is 5.82. The molecule has 0 aromatic carbocycles. The molecule has 7 nitrogen and oxygen atoms in total. The van der Waals surface area contributed by atoms with Crippen molar-refractivity contribution >= 4 is 41.3 Å². The van der Waals surface area contributed by atoms with E-state index in [9.17, 15) is 0 Å². The zero-order valence-corrected chi connectivity index (χ0v) is 16.4. The zero-order valence-electron chi connectivity index (χ0n) is 13.3. The van der Waals surface area contributed by atoms with E-state index in [0.717, 1.165) is 22.2 Å². The van der Waals surface area contributed by atoms with Gasteiger partial charge in [0.25, 0.3) is 0 Å². The van der Waals surface area contributed by atoms with Crippen LogP contribution in [0.25, 0.3) is 10.8 Å². The predicted molar refractivity (Wildman–Crippen MR) is 103 cm³/mol. The molecule has 0 amide bonds. The molecular formula is C15H18IN5O2S. The Hall–Kier alpha value is -1.88. The van der Waals surface area contributed by atoms with Crippen LogP contribution in [0, 0.1) is 0 Å². The standard InChI is InChI=1S/C15H17N5O2S.HI/c1-16-15(20(2)9-11-5-6-22-19-11)17-8-12-10-21-14(18-12)13-4-3-7-23-13;/h3-7,10H,8-9H2,1-2H3,(H,16,17);1H. The fourth-order valence-corrected chi connectivity index (χ4v) is 2.75. The Bertz CT molecular complexity index is 755. The van der Waals surface area contributed by atoms with Gasteiger partial charge in [-0.15, -0.1) is 35.3 Å². The van der Waals surface area contributed by atoms with Crippen molar-refractivity contribution in [3.8, 4) is 10.8 Å². The molecule has 0 aliphatic rings. The van der Waals surface area contributed by atoms with Crippen LogP contribution < -0.4 is 5.32 Å². The molecule has 0 aliphatic carbocycles. The number of thiophene rings is 1. The zero-order chi connectivity index (χ0) is 16.1. The van der Waals surface area contributed by atoms with Crippen molar-refractivity contribution in [1.82, 2.24) is 20.4 Å². The van der Waals surface area contributed by atoms with Gasteiger partial charge in [0, 0.05) is 20.2 Å². The summed E-state index contributed by atoms with van der Waals surface area (Å²) in [5, 5.41) is 9.15. The van der Waals surface area contributed by atoms with Gasteiger partial charge in [0.2, 0.25) is 5.89 Å². The Morgan fingerprint density at radius 2 is 2.25 bits per heavy atom. The minimum Gasteiger partial charge on any atom is -0.443 e. The largest absolute Gasteiger partial charge is 0.443 e. The van der Waals surface area contributed by atoms with Crippen LogP contribution in [-0.4, -0.2) is 35.1 Å². The normalized spacial score (nSPS) is 11.2. The summed E-state index contributed by atoms with van der Waals surface area (Å²) in [6.45, 7) is 1.14. The quantitative estimate of drug-likeness (QED) is 0.359. The lowest BCUT2D eigenvalue weighted by atomic mass is 10.4. The van der Waals surface area contributed by atoms with E-state index in [2.05, 4.69) is 20.4 Å². The molecule has 24 heavy (non-hydrogen) atoms. The van der Waals surface area contributed by atoms with Gasteiger partial charge in [-0.3, -0.25) is 4.99 Å². The minimum absolute atomic E-state index is 0. The van der Waals surface area contributed by atoms with Gasteiger partial charge in [-0.1, -0.05) is 11.2 Å². The highest BCUT2D eigenvalue weighted by Gasteiger charge is 2.11. The van der Waals surface area contributed by atoms with Gasteiger partial charge in [0.1, 0.15) is 18.2 Å². The summed E-state index contributed by atoms with van der Waals surface area (Å²) >= 11 is 1.60. The molecule has 9 heteroatoms. The van der Waals surface area contributed by atoms with Crippen LogP contribution in [0.2, 0.25) is 0 Å². The van der Waals surface area contributed by atoms with Gasteiger partial charge >= 0.3 is 0 Å². The summed E-state index contributed by atoms with van der Waals surface area (Å²) in [4.78, 5) is 11.7. The molecule has 0 unspecified atom stereocenters. The lowest BCUT2D eigenvalue weighted by molar-refractivity contribution is 0.391. The molecule has 3 heterocycles. The molecule has 1 N–H and O–H groups in total. The Kier molecular flexibility index (Phi) is 6.79. The SMILES string of the molecule is CN=C(NCc1coc(-c2cccs2)n1)N(C)Cc1ccon1.I. The van der Waals surface area contributed by atoms with Crippen LogP contribution in [0.4, 0.5) is 0 Å². The number of rotatable bonds is 5. The first-order valence-electron chi connectivity index (χ1n) is 7.05. The van der Waals surface area contributed by atoms with E-state index in [-0.39, 0.29) is 24.0 Å². The average Bonchev–Trinajstić information content (AvgIpc) is 3.30. The van der Waals surface area contributed by atoms with Gasteiger partial charge in [-0.25, -0.2) is 4.98 Å². The summed E-state index contributed by atoms with van der Waals surface area (Å²) in [5.74, 6) is 1.39. The lowest BCUT2D eigenvalue weighted by Crippen LogP contribution is -2.38. The van der Waals surface area contributed by atoms with E-state index in [1.165, 1.54) is 0 Å². The van der Waals surface area contributed by atoms with Crippen LogP contribution in [-0.2, 0) is 13.1 Å². The molecule has 0 bridgehead atoms. The molecule has 3 rings (SSSR count). The molecule has 0 saturated carbocycles. The smallest absolute Gasteiger partial charge is 0.236 e. The molecular weight excluding hydrogens is 441 g/mol. The number of halogens is 1. The molecule has 3 aromatic heterocycles. The number of guanidine groups is 1. The summed E-state index contributed by atoms with van der Waals surface area (Å²) in [5.41, 5.74) is 1.67. The number of hydrogen-bond acceptors (Lipinski definition) is 6. The maximum Gasteiger partial charge on any atom is 0.236 e. The van der Waals surface area contributed by atoms with Gasteiger partial charge in [0.05, 0.1) is 23.7 Å². The highest BCUT2D eigenvalue weighted by atomic mass is 127. The number of aliphatic imine (C=N–C) groups is 1. The Morgan fingerprint density at radius 3 is 2.92 bits per heavy atom. The van der Waals surface area contributed by atoms with Crippen LogP contribution >= 0.6 is 35.3 Å². The molecule has 128 valence electrons. The van der Waals surface area contributed by atoms with Crippen molar-refractivity contribution in [2.24, 2.45) is 4.99 Å². The summed E-state index contributed by atoms with van der Waals surface area (Å²) < 4.78 is 10.3. The predicted octanol–water partition coefficient (Wildman–Crippen LogP) is 3.22. The van der Waals surface area contributed by atoms with Crippen molar-refractivity contribution in [3.63, 3.8) is 0 Å². The highest BCUT2D eigenvalue weighted by molar-refractivity contribution is 14.0. The third kappa shape index (κ3) is 4.57. The van der Waals surface area contributed by atoms with Gasteiger partial charge < -0.3 is 19.2 Å². The number of oxazole rings is 1. The van der Waals surface area contributed by atoms with Gasteiger partial charge in [-0.05, 0) is 11.4 Å². The first-order chi connectivity index (χ1) is 11.3. The second-order valence-electron chi connectivity index (χ2n) is 4.87. The molecule has 0 aliphatic heterocycles. The number of nitrogens with one attached hydrogen (secondary N) is 1. The van der Waals surface area contributed by atoms with Crippen LogP contribution in [0.3, 0.4) is 0 Å². The lowest BCUT2D eigenvalue weighted by Gasteiger charge is -2.20. The molecule has 0 spiro atoms. The first kappa shape index (κ1) is 18.5. The van der Waals surface area contributed by atoms with E-state index < -0.39 is 0 Å². The monoisotopic (exact) mass is 459 g/mol. The van der Waals surface area contributed by atoms with Gasteiger partial charge in [-0.2, -0.15) is 0 Å². The Labute approximate surface area is 160 Å².